The number of nitrogens with one attached hydrogen (secondary N) is 1. The van der Waals surface area contributed by atoms with Gasteiger partial charge in [0.05, 0.1) is 0 Å². The molecule has 0 spiro atoms. The van der Waals surface area contributed by atoms with Crippen molar-refractivity contribution in [1.29, 1.82) is 0 Å². The van der Waals surface area contributed by atoms with Gasteiger partial charge in [-0.05, 0) is 49.9 Å². The second-order valence-electron chi connectivity index (χ2n) is 4.58. The Hall–Kier alpha value is -0.550. The van der Waals surface area contributed by atoms with Crippen molar-refractivity contribution in [2.24, 2.45) is 5.92 Å². The van der Waals surface area contributed by atoms with E-state index in [1.165, 1.54) is 6.07 Å². The third-order valence-electron chi connectivity index (χ3n) is 3.45. The summed E-state index contributed by atoms with van der Waals surface area (Å²) in [7, 11) is 0. The third-order valence-corrected chi connectivity index (χ3v) is 4.78. The molecule has 5 heteroatoms. The highest BCUT2D eigenvalue weighted by Crippen LogP contribution is 2.40. The van der Waals surface area contributed by atoms with E-state index >= 15 is 0 Å². The Kier molecular flexibility index (Phi) is 3.78. The van der Waals surface area contributed by atoms with Gasteiger partial charge in [-0.15, -0.1) is 11.3 Å². The highest BCUT2D eigenvalue weighted by atomic mass is 32.1. The molecule has 1 aromatic rings. The van der Waals surface area contributed by atoms with Gasteiger partial charge in [-0.2, -0.15) is 13.2 Å². The van der Waals surface area contributed by atoms with Gasteiger partial charge in [-0.3, -0.25) is 0 Å². The molecule has 1 saturated heterocycles. The lowest BCUT2D eigenvalue weighted by atomic mass is 9.85. The molecule has 96 valence electrons. The molecule has 1 fully saturated rings. The van der Waals surface area contributed by atoms with Crippen molar-refractivity contribution in [3.63, 3.8) is 0 Å². The van der Waals surface area contributed by atoms with Crippen LogP contribution in [0.1, 0.15) is 35.4 Å². The minimum atomic E-state index is -4.20. The fourth-order valence-corrected chi connectivity index (χ4v) is 3.35. The lowest BCUT2D eigenvalue weighted by Crippen LogP contribution is -2.29. The summed E-state index contributed by atoms with van der Waals surface area (Å²) in [4.78, 5) is 0.387. The van der Waals surface area contributed by atoms with Crippen molar-refractivity contribution in [2.45, 2.75) is 31.9 Å². The summed E-state index contributed by atoms with van der Waals surface area (Å²) in [6.45, 7) is 4.00. The molecule has 0 amide bonds. The molecule has 0 saturated carbocycles. The molecule has 1 N–H and O–H groups in total. The van der Waals surface area contributed by atoms with E-state index in [0.717, 1.165) is 42.1 Å². The molecule has 1 atom stereocenters. The fourth-order valence-electron chi connectivity index (χ4n) is 2.33. The number of hydrogen-bond donors (Lipinski definition) is 1. The predicted molar refractivity (Wildman–Crippen MR) is 63.3 cm³/mol. The van der Waals surface area contributed by atoms with Crippen molar-refractivity contribution in [2.75, 3.05) is 13.1 Å². The van der Waals surface area contributed by atoms with E-state index in [0.29, 0.717) is 5.92 Å². The van der Waals surface area contributed by atoms with Crippen molar-refractivity contribution in [3.8, 4) is 0 Å². The zero-order valence-electron chi connectivity index (χ0n) is 9.68. The van der Waals surface area contributed by atoms with Gasteiger partial charge >= 0.3 is 6.18 Å². The van der Waals surface area contributed by atoms with Crippen molar-refractivity contribution in [3.05, 3.63) is 21.9 Å². The monoisotopic (exact) mass is 263 g/mol. The molecule has 17 heavy (non-hydrogen) atoms. The van der Waals surface area contributed by atoms with E-state index in [2.05, 4.69) is 5.32 Å². The maximum Gasteiger partial charge on any atom is 0.425 e. The molecule has 0 radical (unpaired) electrons. The molecular weight excluding hydrogens is 247 g/mol. The van der Waals surface area contributed by atoms with E-state index in [1.807, 2.05) is 6.92 Å². The standard InChI is InChI=1S/C12H16F3NS/c1-8(9-4-6-16-7-5-9)10-2-3-11(17-10)12(13,14)15/h2-3,8-9,16H,4-7H2,1H3. The minimum absolute atomic E-state index is 0.234. The molecule has 2 rings (SSSR count). The van der Waals surface area contributed by atoms with Crippen LogP contribution < -0.4 is 5.32 Å². The van der Waals surface area contributed by atoms with Crippen LogP contribution in [0.5, 0.6) is 0 Å². The van der Waals surface area contributed by atoms with Crippen LogP contribution in [0.4, 0.5) is 13.2 Å². The molecule has 0 aliphatic carbocycles. The Bertz CT molecular complexity index is 366. The molecule has 1 unspecified atom stereocenters. The van der Waals surface area contributed by atoms with Crippen LogP contribution in [-0.4, -0.2) is 13.1 Å². The second kappa shape index (κ2) is 4.98. The Balaban J connectivity index is 2.08. The second-order valence-corrected chi connectivity index (χ2v) is 5.69. The van der Waals surface area contributed by atoms with E-state index < -0.39 is 11.1 Å². The Morgan fingerprint density at radius 2 is 1.94 bits per heavy atom. The summed E-state index contributed by atoms with van der Waals surface area (Å²) in [5.74, 6) is 0.745. The van der Waals surface area contributed by atoms with Crippen LogP contribution in [0, 0.1) is 5.92 Å². The summed E-state index contributed by atoms with van der Waals surface area (Å²) < 4.78 is 37.5. The number of halogens is 3. The number of hydrogen-bond acceptors (Lipinski definition) is 2. The Morgan fingerprint density at radius 1 is 1.29 bits per heavy atom. The largest absolute Gasteiger partial charge is 0.425 e. The van der Waals surface area contributed by atoms with Gasteiger partial charge in [-0.25, -0.2) is 0 Å². The average Bonchev–Trinajstić information content (AvgIpc) is 2.78. The lowest BCUT2D eigenvalue weighted by molar-refractivity contribution is -0.134. The highest BCUT2D eigenvalue weighted by molar-refractivity contribution is 7.12. The number of thiophene rings is 1. The van der Waals surface area contributed by atoms with E-state index in [1.54, 1.807) is 6.07 Å². The first-order valence-electron chi connectivity index (χ1n) is 5.86. The molecule has 1 aliphatic heterocycles. The van der Waals surface area contributed by atoms with Gasteiger partial charge in [0.25, 0.3) is 0 Å². The lowest BCUT2D eigenvalue weighted by Gasteiger charge is -2.27. The van der Waals surface area contributed by atoms with Gasteiger partial charge in [0, 0.05) is 4.88 Å². The number of alkyl halides is 3. The topological polar surface area (TPSA) is 12.0 Å². The Labute approximate surface area is 103 Å². The fraction of sp³-hybridized carbons (Fsp3) is 0.667. The molecular formula is C12H16F3NS. The van der Waals surface area contributed by atoms with Crippen LogP contribution in [0.2, 0.25) is 0 Å². The van der Waals surface area contributed by atoms with E-state index in [4.69, 9.17) is 0 Å². The highest BCUT2D eigenvalue weighted by Gasteiger charge is 2.33. The maximum atomic E-state index is 12.5. The van der Waals surface area contributed by atoms with Gasteiger partial charge in [0.1, 0.15) is 4.88 Å². The maximum absolute atomic E-state index is 12.5. The van der Waals surface area contributed by atoms with Crippen LogP contribution in [0.25, 0.3) is 0 Å². The van der Waals surface area contributed by atoms with Gasteiger partial charge in [0.15, 0.2) is 0 Å². The summed E-state index contributed by atoms with van der Waals surface area (Å²) in [5.41, 5.74) is 0. The molecule has 0 aromatic carbocycles. The first-order chi connectivity index (χ1) is 7.98. The van der Waals surface area contributed by atoms with Crippen molar-refractivity contribution >= 4 is 11.3 Å². The van der Waals surface area contributed by atoms with Crippen molar-refractivity contribution in [1.82, 2.24) is 5.32 Å². The van der Waals surface area contributed by atoms with Crippen LogP contribution >= 0.6 is 11.3 Å². The smallest absolute Gasteiger partial charge is 0.317 e. The summed E-state index contributed by atoms with van der Waals surface area (Å²) in [6, 6.07) is 2.85. The molecule has 0 bridgehead atoms. The molecule has 1 aliphatic rings. The molecule has 1 nitrogen and oxygen atoms in total. The van der Waals surface area contributed by atoms with E-state index in [9.17, 15) is 13.2 Å². The van der Waals surface area contributed by atoms with Gasteiger partial charge < -0.3 is 5.32 Å². The number of piperidine rings is 1. The Morgan fingerprint density at radius 3 is 2.47 bits per heavy atom. The SMILES string of the molecule is CC(c1ccc(C(F)(F)F)s1)C1CCNCC1. The third kappa shape index (κ3) is 3.01. The minimum Gasteiger partial charge on any atom is -0.317 e. The van der Waals surface area contributed by atoms with Gasteiger partial charge in [0.2, 0.25) is 0 Å². The predicted octanol–water partition coefficient (Wildman–Crippen LogP) is 3.87. The zero-order chi connectivity index (χ0) is 12.5. The van der Waals surface area contributed by atoms with E-state index in [-0.39, 0.29) is 5.92 Å². The normalized spacial score (nSPS) is 20.5. The van der Waals surface area contributed by atoms with Crippen LogP contribution in [0.3, 0.4) is 0 Å². The van der Waals surface area contributed by atoms with Crippen molar-refractivity contribution < 1.29 is 13.2 Å². The first-order valence-corrected chi connectivity index (χ1v) is 6.68. The summed E-state index contributed by atoms with van der Waals surface area (Å²) in [6.07, 6.45) is -2.09. The zero-order valence-corrected chi connectivity index (χ0v) is 10.5. The van der Waals surface area contributed by atoms with Crippen LogP contribution in [0.15, 0.2) is 12.1 Å². The quantitative estimate of drug-likeness (QED) is 0.854. The average molecular weight is 263 g/mol. The first kappa shape index (κ1) is 12.9. The summed E-state index contributed by atoms with van der Waals surface area (Å²) >= 11 is 0.896. The van der Waals surface area contributed by atoms with Crippen LogP contribution in [-0.2, 0) is 6.18 Å². The van der Waals surface area contributed by atoms with Gasteiger partial charge in [-0.1, -0.05) is 6.92 Å². The number of rotatable bonds is 2. The molecule has 2 heterocycles. The molecule has 1 aromatic heterocycles. The summed E-state index contributed by atoms with van der Waals surface area (Å²) in [5, 5.41) is 3.27.